The van der Waals surface area contributed by atoms with E-state index < -0.39 is 4.92 Å². The van der Waals surface area contributed by atoms with Crippen molar-refractivity contribution in [3.05, 3.63) is 62.4 Å². The number of nitro benzene ring substituents is 1. The van der Waals surface area contributed by atoms with Crippen LogP contribution < -0.4 is 10.1 Å². The van der Waals surface area contributed by atoms with Gasteiger partial charge in [-0.05, 0) is 47.2 Å². The SMILES string of the molecule is CNCc1cc(F)ccc1Oc1cccc([N+](=O)[O-])c1Br. The van der Waals surface area contributed by atoms with Crippen molar-refractivity contribution in [2.75, 3.05) is 7.05 Å². The van der Waals surface area contributed by atoms with E-state index in [1.54, 1.807) is 13.1 Å². The van der Waals surface area contributed by atoms with Crippen LogP contribution in [-0.2, 0) is 6.54 Å². The topological polar surface area (TPSA) is 64.4 Å². The minimum Gasteiger partial charge on any atom is -0.456 e. The largest absolute Gasteiger partial charge is 0.456 e. The molecule has 2 aromatic carbocycles. The second-order valence-corrected chi connectivity index (χ2v) is 5.02. The van der Waals surface area contributed by atoms with Crippen molar-refractivity contribution in [3.8, 4) is 11.5 Å². The van der Waals surface area contributed by atoms with Crippen LogP contribution in [0, 0.1) is 15.9 Å². The van der Waals surface area contributed by atoms with E-state index >= 15 is 0 Å². The molecular formula is C14H12BrFN2O3. The maximum atomic E-state index is 13.3. The molecule has 2 rings (SSSR count). The van der Waals surface area contributed by atoms with Crippen LogP contribution in [0.5, 0.6) is 11.5 Å². The minimum absolute atomic E-state index is 0.0928. The monoisotopic (exact) mass is 354 g/mol. The summed E-state index contributed by atoms with van der Waals surface area (Å²) in [4.78, 5) is 10.4. The van der Waals surface area contributed by atoms with Crippen molar-refractivity contribution in [1.29, 1.82) is 0 Å². The summed E-state index contributed by atoms with van der Waals surface area (Å²) < 4.78 is 19.2. The van der Waals surface area contributed by atoms with E-state index in [9.17, 15) is 14.5 Å². The van der Waals surface area contributed by atoms with Crippen molar-refractivity contribution in [3.63, 3.8) is 0 Å². The molecule has 5 nitrogen and oxygen atoms in total. The van der Waals surface area contributed by atoms with E-state index in [4.69, 9.17) is 4.74 Å². The first-order valence-corrected chi connectivity index (χ1v) is 6.86. The predicted octanol–water partition coefficient (Wildman–Crippen LogP) is 4.01. The van der Waals surface area contributed by atoms with E-state index in [0.717, 1.165) is 0 Å². The van der Waals surface area contributed by atoms with Crippen molar-refractivity contribution < 1.29 is 14.1 Å². The maximum absolute atomic E-state index is 13.3. The molecule has 0 atom stereocenters. The zero-order chi connectivity index (χ0) is 15.4. The Morgan fingerprint density at radius 1 is 1.33 bits per heavy atom. The van der Waals surface area contributed by atoms with E-state index in [-0.39, 0.29) is 16.0 Å². The van der Waals surface area contributed by atoms with Gasteiger partial charge >= 0.3 is 0 Å². The van der Waals surface area contributed by atoms with Crippen LogP contribution in [-0.4, -0.2) is 12.0 Å². The van der Waals surface area contributed by atoms with Gasteiger partial charge in [0.2, 0.25) is 0 Å². The van der Waals surface area contributed by atoms with Crippen LogP contribution in [0.3, 0.4) is 0 Å². The number of hydrogen-bond acceptors (Lipinski definition) is 4. The Kier molecular flexibility index (Phi) is 4.87. The highest BCUT2D eigenvalue weighted by molar-refractivity contribution is 9.10. The van der Waals surface area contributed by atoms with E-state index in [1.807, 2.05) is 0 Å². The minimum atomic E-state index is -0.504. The molecule has 0 aliphatic carbocycles. The maximum Gasteiger partial charge on any atom is 0.287 e. The smallest absolute Gasteiger partial charge is 0.287 e. The summed E-state index contributed by atoms with van der Waals surface area (Å²) >= 11 is 3.16. The normalized spacial score (nSPS) is 10.4. The Bertz CT molecular complexity index is 679. The lowest BCUT2D eigenvalue weighted by Crippen LogP contribution is -2.07. The van der Waals surface area contributed by atoms with Gasteiger partial charge in [0.05, 0.1) is 4.92 Å². The highest BCUT2D eigenvalue weighted by Gasteiger charge is 2.17. The highest BCUT2D eigenvalue weighted by Crippen LogP contribution is 2.37. The molecule has 0 saturated heterocycles. The van der Waals surface area contributed by atoms with Gasteiger partial charge < -0.3 is 10.1 Å². The molecule has 0 spiro atoms. The zero-order valence-corrected chi connectivity index (χ0v) is 12.7. The van der Waals surface area contributed by atoms with Gasteiger partial charge in [0, 0.05) is 18.2 Å². The number of ether oxygens (including phenoxy) is 1. The fourth-order valence-electron chi connectivity index (χ4n) is 1.81. The molecule has 0 fully saturated rings. The Morgan fingerprint density at radius 2 is 2.10 bits per heavy atom. The number of rotatable bonds is 5. The third-order valence-corrected chi connectivity index (χ3v) is 3.55. The van der Waals surface area contributed by atoms with Gasteiger partial charge in [-0.3, -0.25) is 10.1 Å². The molecule has 0 aliphatic rings. The molecule has 7 heteroatoms. The molecule has 0 aliphatic heterocycles. The van der Waals surface area contributed by atoms with E-state index in [2.05, 4.69) is 21.2 Å². The van der Waals surface area contributed by atoms with E-state index in [0.29, 0.717) is 23.6 Å². The molecular weight excluding hydrogens is 343 g/mol. The summed E-state index contributed by atoms with van der Waals surface area (Å²) in [5.41, 5.74) is 0.528. The van der Waals surface area contributed by atoms with Crippen molar-refractivity contribution >= 4 is 21.6 Å². The quantitative estimate of drug-likeness (QED) is 0.650. The average Bonchev–Trinajstić information content (AvgIpc) is 2.44. The number of halogens is 2. The van der Waals surface area contributed by atoms with Crippen LogP contribution in [0.1, 0.15) is 5.56 Å². The van der Waals surface area contributed by atoms with Crippen LogP contribution >= 0.6 is 15.9 Å². The van der Waals surface area contributed by atoms with E-state index in [1.165, 1.54) is 30.3 Å². The number of nitrogens with zero attached hydrogens (tertiary/aromatic N) is 1. The molecule has 0 saturated carbocycles. The first-order valence-electron chi connectivity index (χ1n) is 6.06. The standard InChI is InChI=1S/C14H12BrFN2O3/c1-17-8-9-7-10(16)5-6-12(9)21-13-4-2-3-11(14(13)15)18(19)20/h2-7,17H,8H2,1H3. The molecule has 0 radical (unpaired) electrons. The molecule has 0 aromatic heterocycles. The van der Waals surface area contributed by atoms with Gasteiger partial charge in [-0.1, -0.05) is 6.07 Å². The first kappa shape index (κ1) is 15.4. The van der Waals surface area contributed by atoms with Gasteiger partial charge in [-0.25, -0.2) is 4.39 Å². The Morgan fingerprint density at radius 3 is 2.76 bits per heavy atom. The third-order valence-electron chi connectivity index (χ3n) is 2.75. The predicted molar refractivity (Wildman–Crippen MR) is 80.0 cm³/mol. The molecule has 1 N–H and O–H groups in total. The summed E-state index contributed by atoms with van der Waals surface area (Å²) in [6, 6.07) is 8.63. The van der Waals surface area contributed by atoms with Gasteiger partial charge in [-0.2, -0.15) is 0 Å². The van der Waals surface area contributed by atoms with Crippen molar-refractivity contribution in [1.82, 2.24) is 5.32 Å². The lowest BCUT2D eigenvalue weighted by atomic mass is 10.2. The number of benzene rings is 2. The lowest BCUT2D eigenvalue weighted by molar-refractivity contribution is -0.385. The Labute approximate surface area is 129 Å². The first-order chi connectivity index (χ1) is 10.0. The van der Waals surface area contributed by atoms with Gasteiger partial charge in [0.25, 0.3) is 5.69 Å². The van der Waals surface area contributed by atoms with Crippen LogP contribution in [0.25, 0.3) is 0 Å². The lowest BCUT2D eigenvalue weighted by Gasteiger charge is -2.12. The highest BCUT2D eigenvalue weighted by atomic mass is 79.9. The second kappa shape index (κ2) is 6.64. The van der Waals surface area contributed by atoms with Gasteiger partial charge in [0.1, 0.15) is 21.8 Å². The summed E-state index contributed by atoms with van der Waals surface area (Å²) in [6.07, 6.45) is 0. The summed E-state index contributed by atoms with van der Waals surface area (Å²) in [5.74, 6) is 0.366. The summed E-state index contributed by atoms with van der Waals surface area (Å²) in [7, 11) is 1.73. The summed E-state index contributed by atoms with van der Waals surface area (Å²) in [5, 5.41) is 13.8. The van der Waals surface area contributed by atoms with Crippen LogP contribution in [0.4, 0.5) is 10.1 Å². The molecule has 21 heavy (non-hydrogen) atoms. The van der Waals surface area contributed by atoms with Crippen molar-refractivity contribution in [2.45, 2.75) is 6.54 Å². The summed E-state index contributed by atoms with van der Waals surface area (Å²) in [6.45, 7) is 0.416. The molecule has 0 bridgehead atoms. The number of nitro groups is 1. The molecule has 0 heterocycles. The van der Waals surface area contributed by atoms with Crippen LogP contribution in [0.2, 0.25) is 0 Å². The molecule has 110 valence electrons. The molecule has 2 aromatic rings. The fraction of sp³-hybridized carbons (Fsp3) is 0.143. The Hall–Kier alpha value is -1.99. The third kappa shape index (κ3) is 3.56. The fourth-order valence-corrected chi connectivity index (χ4v) is 2.30. The average molecular weight is 355 g/mol. The second-order valence-electron chi connectivity index (χ2n) is 4.23. The molecule has 0 unspecified atom stereocenters. The number of nitrogens with one attached hydrogen (secondary N) is 1. The van der Waals surface area contributed by atoms with Crippen molar-refractivity contribution in [2.24, 2.45) is 0 Å². The Balaban J connectivity index is 2.39. The van der Waals surface area contributed by atoms with Crippen LogP contribution in [0.15, 0.2) is 40.9 Å². The van der Waals surface area contributed by atoms with Gasteiger partial charge in [-0.15, -0.1) is 0 Å². The number of hydrogen-bond donors (Lipinski definition) is 1. The zero-order valence-electron chi connectivity index (χ0n) is 11.1. The van der Waals surface area contributed by atoms with Gasteiger partial charge in [0.15, 0.2) is 0 Å². The molecule has 0 amide bonds.